The van der Waals surface area contributed by atoms with Crippen molar-refractivity contribution >= 4 is 0 Å². The summed E-state index contributed by atoms with van der Waals surface area (Å²) in [5, 5.41) is 0. The van der Waals surface area contributed by atoms with Gasteiger partial charge in [-0.2, -0.15) is 13.8 Å². The first-order valence-corrected chi connectivity index (χ1v) is 13.5. The molecule has 0 saturated carbocycles. The SMILES string of the molecule is CC(C)=CCC/C(C)=C/CC/C(C)=C/CC/C=C(\C)CC/C=C(\C)CCC=C(C)C.[CH2-]C.[CH2-]C.[Zn+2]. The summed E-state index contributed by atoms with van der Waals surface area (Å²) in [6.45, 7) is 27.8. The maximum absolute atomic E-state index is 3.25. The minimum atomic E-state index is 0. The quantitative estimate of drug-likeness (QED) is 0.0849. The summed E-state index contributed by atoms with van der Waals surface area (Å²) in [6, 6.07) is 0. The fourth-order valence-corrected chi connectivity index (χ4v) is 3.34. The van der Waals surface area contributed by atoms with E-state index in [1.165, 1.54) is 97.6 Å². The molecule has 0 aliphatic heterocycles. The van der Waals surface area contributed by atoms with Crippen molar-refractivity contribution in [3.05, 3.63) is 83.7 Å². The van der Waals surface area contributed by atoms with Gasteiger partial charge >= 0.3 is 19.5 Å². The molecule has 0 aliphatic rings. The van der Waals surface area contributed by atoms with Gasteiger partial charge in [0.05, 0.1) is 0 Å². The van der Waals surface area contributed by atoms with Gasteiger partial charge in [-0.25, -0.2) is 0 Å². The van der Waals surface area contributed by atoms with E-state index >= 15 is 0 Å². The Kier molecular flexibility index (Phi) is 36.6. The predicted octanol–water partition coefficient (Wildman–Crippen LogP) is 12.3. The van der Waals surface area contributed by atoms with Crippen LogP contribution < -0.4 is 0 Å². The Morgan fingerprint density at radius 2 is 0.571 bits per heavy atom. The van der Waals surface area contributed by atoms with Gasteiger partial charge in [0.25, 0.3) is 0 Å². The van der Waals surface area contributed by atoms with Gasteiger partial charge in [0, 0.05) is 0 Å². The summed E-state index contributed by atoms with van der Waals surface area (Å²) < 4.78 is 0. The maximum Gasteiger partial charge on any atom is 2.00 e. The Morgan fingerprint density at radius 3 is 0.800 bits per heavy atom. The molecule has 0 atom stereocenters. The second-order valence-electron chi connectivity index (χ2n) is 9.50. The van der Waals surface area contributed by atoms with Crippen LogP contribution in [-0.4, -0.2) is 0 Å². The molecule has 0 saturated heterocycles. The van der Waals surface area contributed by atoms with E-state index in [9.17, 15) is 0 Å². The molecule has 0 N–H and O–H groups in total. The van der Waals surface area contributed by atoms with E-state index in [4.69, 9.17) is 0 Å². The first-order chi connectivity index (χ1) is 16.2. The fraction of sp³-hybridized carbons (Fsp3) is 0.588. The average molecular weight is 534 g/mol. The standard InChI is InChI=1S/C30H50.2C2H5.Zn/c1-25(2)15-11-19-29(7)23-13-21-27(5)17-9-10-18-28(6)22-14-24-30(8)20-12-16-26(3)4;2*1-2;/h15-18,23-24H,9-14,19-22H2,1-8H3;2*1H2,2H3;/q;2*-1;+2/b27-17+,28-18+,29-23+,30-24+;;;. The third-order valence-electron chi connectivity index (χ3n) is 5.40. The Balaban J connectivity index is -0.000000908. The molecule has 0 rings (SSSR count). The largest absolute Gasteiger partial charge is 2.00 e. The van der Waals surface area contributed by atoms with Gasteiger partial charge in [0.15, 0.2) is 0 Å². The summed E-state index contributed by atoms with van der Waals surface area (Å²) in [4.78, 5) is 0. The summed E-state index contributed by atoms with van der Waals surface area (Å²) in [7, 11) is 0. The molecule has 0 bridgehead atoms. The van der Waals surface area contributed by atoms with E-state index in [1.807, 2.05) is 0 Å². The van der Waals surface area contributed by atoms with Gasteiger partial charge < -0.3 is 13.8 Å². The van der Waals surface area contributed by atoms with Crippen LogP contribution in [0.25, 0.3) is 0 Å². The van der Waals surface area contributed by atoms with Gasteiger partial charge in [-0.3, -0.25) is 0 Å². The average Bonchev–Trinajstić information content (AvgIpc) is 2.79. The summed E-state index contributed by atoms with van der Waals surface area (Å²) in [6.07, 6.45) is 26.2. The van der Waals surface area contributed by atoms with E-state index in [0.29, 0.717) is 0 Å². The third kappa shape index (κ3) is 35.3. The van der Waals surface area contributed by atoms with E-state index in [1.54, 1.807) is 13.8 Å². The van der Waals surface area contributed by atoms with Gasteiger partial charge in [-0.1, -0.05) is 69.9 Å². The first-order valence-electron chi connectivity index (χ1n) is 13.5. The van der Waals surface area contributed by atoms with E-state index < -0.39 is 0 Å². The molecule has 0 heterocycles. The molecule has 198 valence electrons. The van der Waals surface area contributed by atoms with Crippen LogP contribution in [0.1, 0.15) is 133 Å². The van der Waals surface area contributed by atoms with Crippen molar-refractivity contribution in [3.63, 3.8) is 0 Å². The molecule has 0 fully saturated rings. The molecule has 0 unspecified atom stereocenters. The molecule has 0 amide bonds. The summed E-state index contributed by atoms with van der Waals surface area (Å²) in [5.74, 6) is 0. The Morgan fingerprint density at radius 1 is 0.371 bits per heavy atom. The van der Waals surface area contributed by atoms with Crippen molar-refractivity contribution < 1.29 is 19.5 Å². The molecule has 0 aliphatic carbocycles. The van der Waals surface area contributed by atoms with Crippen LogP contribution in [0.15, 0.2) is 69.9 Å². The molecular formula is C34H60Zn. The van der Waals surface area contributed by atoms with Crippen LogP contribution in [0.3, 0.4) is 0 Å². The number of hydrogen-bond acceptors (Lipinski definition) is 0. The topological polar surface area (TPSA) is 0 Å². The molecule has 0 aromatic rings. The zero-order valence-corrected chi connectivity index (χ0v) is 28.6. The third-order valence-corrected chi connectivity index (χ3v) is 5.40. The second kappa shape index (κ2) is 31.1. The number of rotatable bonds is 15. The zero-order chi connectivity index (χ0) is 26.8. The van der Waals surface area contributed by atoms with E-state index in [0.717, 1.165) is 0 Å². The minimum Gasteiger partial charge on any atom is -0.346 e. The van der Waals surface area contributed by atoms with Gasteiger partial charge in [-0.05, 0) is 120 Å². The molecule has 0 nitrogen and oxygen atoms in total. The van der Waals surface area contributed by atoms with Crippen LogP contribution in [0, 0.1) is 13.8 Å². The Hall–Kier alpha value is -0.937. The van der Waals surface area contributed by atoms with Crippen molar-refractivity contribution in [3.8, 4) is 0 Å². The number of allylic oxidation sites excluding steroid dienone is 12. The van der Waals surface area contributed by atoms with Crippen LogP contribution in [0.2, 0.25) is 0 Å². The molecule has 35 heavy (non-hydrogen) atoms. The Labute approximate surface area is 236 Å². The second-order valence-corrected chi connectivity index (χ2v) is 9.50. The van der Waals surface area contributed by atoms with Crippen LogP contribution in [0.5, 0.6) is 0 Å². The molecule has 0 aromatic heterocycles. The van der Waals surface area contributed by atoms with Crippen LogP contribution >= 0.6 is 0 Å². The van der Waals surface area contributed by atoms with Gasteiger partial charge in [0.1, 0.15) is 0 Å². The number of unbranched alkanes of at least 4 members (excludes halogenated alkanes) is 1. The summed E-state index contributed by atoms with van der Waals surface area (Å²) >= 11 is 0. The van der Waals surface area contributed by atoms with Crippen molar-refractivity contribution in [2.45, 2.75) is 133 Å². The Bertz CT molecular complexity index is 584. The fourth-order valence-electron chi connectivity index (χ4n) is 3.34. The molecule has 0 spiro atoms. The normalized spacial score (nSPS) is 11.9. The van der Waals surface area contributed by atoms with Gasteiger partial charge in [-0.15, -0.1) is 0 Å². The van der Waals surface area contributed by atoms with Crippen LogP contribution in [-0.2, 0) is 19.5 Å². The van der Waals surface area contributed by atoms with E-state index in [2.05, 4.69) is 106 Å². The van der Waals surface area contributed by atoms with E-state index in [-0.39, 0.29) is 19.5 Å². The van der Waals surface area contributed by atoms with Gasteiger partial charge in [0.2, 0.25) is 0 Å². The number of hydrogen-bond donors (Lipinski definition) is 0. The smallest absolute Gasteiger partial charge is 0.346 e. The maximum atomic E-state index is 3.25. The zero-order valence-electron chi connectivity index (χ0n) is 25.7. The predicted molar refractivity (Wildman–Crippen MR) is 162 cm³/mol. The molecular weight excluding hydrogens is 474 g/mol. The monoisotopic (exact) mass is 532 g/mol. The summed E-state index contributed by atoms with van der Waals surface area (Å²) in [5.41, 5.74) is 8.97. The van der Waals surface area contributed by atoms with Crippen LogP contribution in [0.4, 0.5) is 0 Å². The molecule has 0 aromatic carbocycles. The minimum absolute atomic E-state index is 0. The van der Waals surface area contributed by atoms with Crippen molar-refractivity contribution in [2.24, 2.45) is 0 Å². The van der Waals surface area contributed by atoms with Crippen molar-refractivity contribution in [1.29, 1.82) is 0 Å². The first kappa shape index (κ1) is 41.2. The van der Waals surface area contributed by atoms with Crippen molar-refractivity contribution in [1.82, 2.24) is 0 Å². The van der Waals surface area contributed by atoms with Crippen molar-refractivity contribution in [2.75, 3.05) is 0 Å². The molecule has 0 radical (unpaired) electrons. The molecule has 1 heteroatoms.